The number of hydrogen-bond acceptors (Lipinski definition) is 4. The molecule has 0 aromatic heterocycles. The molecular weight excluding hydrogens is 222 g/mol. The molecule has 0 N–H and O–H groups in total. The minimum Gasteiger partial charge on any atom is -0.493 e. The zero-order valence-corrected chi connectivity index (χ0v) is 10.3. The van der Waals surface area contributed by atoms with Gasteiger partial charge in [0.1, 0.15) is 0 Å². The quantitative estimate of drug-likeness (QED) is 0.740. The number of carbonyl (C=O) groups excluding carboxylic acids is 2. The monoisotopic (exact) mass is 237 g/mol. The minimum atomic E-state index is -0.572. The number of nitrogens with zero attached hydrogens (tertiary/aromatic N) is 1. The number of amides is 1. The lowest BCUT2D eigenvalue weighted by Crippen LogP contribution is -2.31. The maximum absolute atomic E-state index is 11.5. The van der Waals surface area contributed by atoms with Crippen LogP contribution in [0, 0.1) is 0 Å². The summed E-state index contributed by atoms with van der Waals surface area (Å²) < 4.78 is 10.2. The third-order valence-electron chi connectivity index (χ3n) is 2.36. The lowest BCUT2D eigenvalue weighted by molar-refractivity contribution is -0.134. The second-order valence-electron chi connectivity index (χ2n) is 3.46. The second-order valence-corrected chi connectivity index (χ2v) is 3.46. The lowest BCUT2D eigenvalue weighted by Gasteiger charge is -2.17. The van der Waals surface area contributed by atoms with Crippen LogP contribution in [0.5, 0.6) is 11.5 Å². The van der Waals surface area contributed by atoms with Crippen LogP contribution in [0.15, 0.2) is 18.2 Å². The zero-order valence-electron chi connectivity index (χ0n) is 10.3. The molecule has 5 heteroatoms. The number of benzene rings is 1. The van der Waals surface area contributed by atoms with E-state index in [0.717, 1.165) is 0 Å². The Morgan fingerprint density at radius 1 is 1.12 bits per heavy atom. The zero-order chi connectivity index (χ0) is 13.0. The first-order valence-electron chi connectivity index (χ1n) is 5.02. The first kappa shape index (κ1) is 13.0. The summed E-state index contributed by atoms with van der Waals surface area (Å²) in [6.45, 7) is 1.24. The van der Waals surface area contributed by atoms with Crippen LogP contribution in [0.4, 0.5) is 5.69 Å². The van der Waals surface area contributed by atoms with E-state index in [1.807, 2.05) is 0 Å². The van der Waals surface area contributed by atoms with Crippen molar-refractivity contribution in [3.8, 4) is 11.5 Å². The molecule has 0 fully saturated rings. The molecule has 0 radical (unpaired) electrons. The van der Waals surface area contributed by atoms with Gasteiger partial charge in [-0.05, 0) is 12.1 Å². The molecule has 1 rings (SSSR count). The van der Waals surface area contributed by atoms with Crippen LogP contribution in [0.25, 0.3) is 0 Å². The van der Waals surface area contributed by atoms with Gasteiger partial charge >= 0.3 is 0 Å². The fraction of sp³-hybridized carbons (Fsp3) is 0.333. The van der Waals surface area contributed by atoms with Gasteiger partial charge in [-0.1, -0.05) is 0 Å². The summed E-state index contributed by atoms with van der Waals surface area (Å²) in [6, 6.07) is 5.00. The third kappa shape index (κ3) is 2.75. The van der Waals surface area contributed by atoms with Gasteiger partial charge in [-0.2, -0.15) is 0 Å². The van der Waals surface area contributed by atoms with Crippen molar-refractivity contribution in [1.82, 2.24) is 0 Å². The van der Waals surface area contributed by atoms with Gasteiger partial charge in [-0.25, -0.2) is 0 Å². The fourth-order valence-electron chi connectivity index (χ4n) is 1.39. The molecule has 0 aliphatic rings. The summed E-state index contributed by atoms with van der Waals surface area (Å²) in [5.74, 6) is -0.00682. The van der Waals surface area contributed by atoms with E-state index >= 15 is 0 Å². The van der Waals surface area contributed by atoms with Gasteiger partial charge in [0.15, 0.2) is 11.5 Å². The summed E-state index contributed by atoms with van der Waals surface area (Å²) >= 11 is 0. The molecule has 0 bridgehead atoms. The topological polar surface area (TPSA) is 55.8 Å². The Morgan fingerprint density at radius 2 is 1.71 bits per heavy atom. The van der Waals surface area contributed by atoms with Gasteiger partial charge < -0.3 is 14.4 Å². The molecule has 92 valence electrons. The van der Waals surface area contributed by atoms with Crippen LogP contribution in [-0.2, 0) is 9.59 Å². The number of anilines is 1. The Hall–Kier alpha value is -2.04. The van der Waals surface area contributed by atoms with Crippen LogP contribution in [0.3, 0.4) is 0 Å². The van der Waals surface area contributed by atoms with Crippen LogP contribution in [0.1, 0.15) is 6.92 Å². The second kappa shape index (κ2) is 5.34. The van der Waals surface area contributed by atoms with Crippen molar-refractivity contribution < 1.29 is 19.1 Å². The van der Waals surface area contributed by atoms with Gasteiger partial charge in [0.2, 0.25) is 5.78 Å². The smallest absolute Gasteiger partial charge is 0.293 e. The maximum atomic E-state index is 11.5. The number of ketones is 1. The van der Waals surface area contributed by atoms with Crippen molar-refractivity contribution in [2.45, 2.75) is 6.92 Å². The standard InChI is InChI=1S/C12H15NO4/c1-8(14)12(15)13(2)9-5-6-10(16-3)11(7-9)17-4/h5-7H,1-4H3. The number of carbonyl (C=O) groups is 2. The first-order valence-corrected chi connectivity index (χ1v) is 5.02. The Bertz CT molecular complexity index is 442. The van der Waals surface area contributed by atoms with Crippen LogP contribution >= 0.6 is 0 Å². The number of ether oxygens (including phenoxy) is 2. The Labute approximate surface area is 99.9 Å². The normalized spacial score (nSPS) is 9.65. The van der Waals surface area contributed by atoms with E-state index in [4.69, 9.17) is 9.47 Å². The summed E-state index contributed by atoms with van der Waals surface area (Å²) in [5.41, 5.74) is 0.572. The molecule has 0 atom stereocenters. The highest BCUT2D eigenvalue weighted by Crippen LogP contribution is 2.31. The predicted molar refractivity (Wildman–Crippen MR) is 63.6 cm³/mol. The van der Waals surface area contributed by atoms with Crippen molar-refractivity contribution in [2.24, 2.45) is 0 Å². The molecule has 1 aromatic rings. The van der Waals surface area contributed by atoms with E-state index in [-0.39, 0.29) is 0 Å². The maximum Gasteiger partial charge on any atom is 0.293 e. The van der Waals surface area contributed by atoms with E-state index in [9.17, 15) is 9.59 Å². The fourth-order valence-corrected chi connectivity index (χ4v) is 1.39. The average molecular weight is 237 g/mol. The molecule has 5 nitrogen and oxygen atoms in total. The SMILES string of the molecule is COc1ccc(N(C)C(=O)C(C)=O)cc1OC. The minimum absolute atomic E-state index is 0.508. The van der Waals surface area contributed by atoms with Gasteiger partial charge in [-0.3, -0.25) is 9.59 Å². The van der Waals surface area contributed by atoms with Crippen molar-refractivity contribution >= 4 is 17.4 Å². The van der Waals surface area contributed by atoms with Gasteiger partial charge in [0.25, 0.3) is 5.91 Å². The third-order valence-corrected chi connectivity index (χ3v) is 2.36. The molecule has 0 heterocycles. The van der Waals surface area contributed by atoms with E-state index in [1.54, 1.807) is 18.2 Å². The number of hydrogen-bond donors (Lipinski definition) is 0. The highest BCUT2D eigenvalue weighted by Gasteiger charge is 2.17. The van der Waals surface area contributed by atoms with Gasteiger partial charge in [0, 0.05) is 25.7 Å². The molecule has 1 amide bonds. The molecule has 0 saturated heterocycles. The first-order chi connectivity index (χ1) is 8.01. The summed E-state index contributed by atoms with van der Waals surface area (Å²) in [5, 5.41) is 0. The van der Waals surface area contributed by atoms with Crippen molar-refractivity contribution in [3.05, 3.63) is 18.2 Å². The summed E-state index contributed by atoms with van der Waals surface area (Å²) in [4.78, 5) is 23.8. The molecule has 1 aromatic carbocycles. The van der Waals surface area contributed by atoms with E-state index < -0.39 is 11.7 Å². The van der Waals surface area contributed by atoms with Crippen LogP contribution < -0.4 is 14.4 Å². The van der Waals surface area contributed by atoms with Crippen LogP contribution in [0.2, 0.25) is 0 Å². The van der Waals surface area contributed by atoms with E-state index in [0.29, 0.717) is 17.2 Å². The number of methoxy groups -OCH3 is 2. The van der Waals surface area contributed by atoms with Gasteiger partial charge in [-0.15, -0.1) is 0 Å². The Kier molecular flexibility index (Phi) is 4.09. The highest BCUT2D eigenvalue weighted by atomic mass is 16.5. The molecule has 17 heavy (non-hydrogen) atoms. The van der Waals surface area contributed by atoms with Crippen molar-refractivity contribution in [2.75, 3.05) is 26.2 Å². The summed E-state index contributed by atoms with van der Waals surface area (Å²) in [7, 11) is 4.57. The average Bonchev–Trinajstić information content (AvgIpc) is 2.35. The lowest BCUT2D eigenvalue weighted by atomic mass is 10.2. The van der Waals surface area contributed by atoms with E-state index in [1.165, 1.54) is 33.1 Å². The van der Waals surface area contributed by atoms with E-state index in [2.05, 4.69) is 0 Å². The van der Waals surface area contributed by atoms with Crippen LogP contribution in [-0.4, -0.2) is 33.0 Å². The van der Waals surface area contributed by atoms with Gasteiger partial charge in [0.05, 0.1) is 14.2 Å². The van der Waals surface area contributed by atoms with Crippen molar-refractivity contribution in [3.63, 3.8) is 0 Å². The molecule has 0 spiro atoms. The van der Waals surface area contributed by atoms with Crippen molar-refractivity contribution in [1.29, 1.82) is 0 Å². The summed E-state index contributed by atoms with van der Waals surface area (Å²) in [6.07, 6.45) is 0. The molecule has 0 saturated carbocycles. The number of rotatable bonds is 4. The Balaban J connectivity index is 3.07. The Morgan fingerprint density at radius 3 is 2.18 bits per heavy atom. The predicted octanol–water partition coefficient (Wildman–Crippen LogP) is 1.26. The molecule has 0 aliphatic heterocycles. The molecule has 0 aliphatic carbocycles. The highest BCUT2D eigenvalue weighted by molar-refractivity contribution is 6.40. The number of Topliss-reactive ketones (excluding diaryl/α,β-unsaturated/α-hetero) is 1. The molecular formula is C12H15NO4. The number of likely N-dealkylation sites (N-methyl/N-ethyl adjacent to an activating group) is 1. The molecule has 0 unspecified atom stereocenters. The largest absolute Gasteiger partial charge is 0.493 e.